The van der Waals surface area contributed by atoms with Gasteiger partial charge in [0.15, 0.2) is 0 Å². The second kappa shape index (κ2) is 4.83. The van der Waals surface area contributed by atoms with Crippen LogP contribution >= 0.6 is 0 Å². The van der Waals surface area contributed by atoms with E-state index in [2.05, 4.69) is 39.6 Å². The molecule has 2 heteroatoms. The molecule has 0 fully saturated rings. The van der Waals surface area contributed by atoms with E-state index in [0.29, 0.717) is 5.92 Å². The largest absolute Gasteiger partial charge is 0.329 e. The SMILES string of the molecule is CCCN(C)C(C)(CN)C(C)C. The number of hydrogen-bond donors (Lipinski definition) is 1. The Morgan fingerprint density at radius 2 is 1.92 bits per heavy atom. The summed E-state index contributed by atoms with van der Waals surface area (Å²) in [5.41, 5.74) is 5.96. The molecule has 0 radical (unpaired) electrons. The fraction of sp³-hybridized carbons (Fsp3) is 1.00. The van der Waals surface area contributed by atoms with Crippen LogP contribution < -0.4 is 5.73 Å². The summed E-state index contributed by atoms with van der Waals surface area (Å²) in [5, 5.41) is 0. The van der Waals surface area contributed by atoms with Crippen LogP contribution in [0.4, 0.5) is 0 Å². The molecule has 1 atom stereocenters. The van der Waals surface area contributed by atoms with Crippen LogP contribution in [0.1, 0.15) is 34.1 Å². The first-order chi connectivity index (χ1) is 5.49. The van der Waals surface area contributed by atoms with Crippen molar-refractivity contribution in [3.63, 3.8) is 0 Å². The zero-order chi connectivity index (χ0) is 9.78. The third-order valence-electron chi connectivity index (χ3n) is 3.09. The maximum atomic E-state index is 5.80. The summed E-state index contributed by atoms with van der Waals surface area (Å²) in [4.78, 5) is 2.37. The summed E-state index contributed by atoms with van der Waals surface area (Å²) < 4.78 is 0. The Morgan fingerprint density at radius 1 is 1.42 bits per heavy atom. The molecule has 0 aliphatic heterocycles. The third kappa shape index (κ3) is 2.46. The second-order valence-corrected chi connectivity index (χ2v) is 4.14. The van der Waals surface area contributed by atoms with Crippen LogP contribution in [0.15, 0.2) is 0 Å². The molecule has 0 heterocycles. The van der Waals surface area contributed by atoms with Crippen LogP contribution in [-0.2, 0) is 0 Å². The van der Waals surface area contributed by atoms with Crippen molar-refractivity contribution in [2.75, 3.05) is 20.1 Å². The molecule has 2 nitrogen and oxygen atoms in total. The summed E-state index contributed by atoms with van der Waals surface area (Å²) in [6.07, 6.45) is 1.19. The molecular formula is C10H24N2. The highest BCUT2D eigenvalue weighted by molar-refractivity contribution is 4.88. The minimum atomic E-state index is 0.163. The van der Waals surface area contributed by atoms with Crippen LogP contribution in [0, 0.1) is 5.92 Å². The summed E-state index contributed by atoms with van der Waals surface area (Å²) >= 11 is 0. The highest BCUT2D eigenvalue weighted by atomic mass is 15.2. The van der Waals surface area contributed by atoms with Gasteiger partial charge in [-0.05, 0) is 32.9 Å². The van der Waals surface area contributed by atoms with Gasteiger partial charge in [-0.25, -0.2) is 0 Å². The van der Waals surface area contributed by atoms with Gasteiger partial charge in [-0.1, -0.05) is 20.8 Å². The van der Waals surface area contributed by atoms with Crippen molar-refractivity contribution in [3.8, 4) is 0 Å². The maximum Gasteiger partial charge on any atom is 0.0323 e. The number of nitrogens with two attached hydrogens (primary N) is 1. The molecule has 0 saturated carbocycles. The Bertz CT molecular complexity index is 123. The Kier molecular flexibility index (Phi) is 4.80. The van der Waals surface area contributed by atoms with Crippen molar-refractivity contribution < 1.29 is 0 Å². The van der Waals surface area contributed by atoms with Crippen molar-refractivity contribution in [1.29, 1.82) is 0 Å². The van der Waals surface area contributed by atoms with Crippen molar-refractivity contribution in [2.24, 2.45) is 11.7 Å². The molecule has 0 amide bonds. The lowest BCUT2D eigenvalue weighted by atomic mass is 9.87. The number of nitrogens with zero attached hydrogens (tertiary/aromatic N) is 1. The molecule has 1 unspecified atom stereocenters. The summed E-state index contributed by atoms with van der Waals surface area (Å²) in [7, 11) is 2.16. The van der Waals surface area contributed by atoms with E-state index in [0.717, 1.165) is 13.1 Å². The van der Waals surface area contributed by atoms with Crippen LogP contribution in [0.25, 0.3) is 0 Å². The van der Waals surface area contributed by atoms with E-state index in [1.807, 2.05) is 0 Å². The Balaban J connectivity index is 4.29. The highest BCUT2D eigenvalue weighted by Crippen LogP contribution is 2.21. The van der Waals surface area contributed by atoms with E-state index in [9.17, 15) is 0 Å². The zero-order valence-corrected chi connectivity index (χ0v) is 9.22. The van der Waals surface area contributed by atoms with Gasteiger partial charge < -0.3 is 5.73 Å². The number of rotatable bonds is 5. The Morgan fingerprint density at radius 3 is 2.17 bits per heavy atom. The van der Waals surface area contributed by atoms with E-state index >= 15 is 0 Å². The third-order valence-corrected chi connectivity index (χ3v) is 3.09. The van der Waals surface area contributed by atoms with Crippen molar-refractivity contribution in [3.05, 3.63) is 0 Å². The van der Waals surface area contributed by atoms with Crippen molar-refractivity contribution in [1.82, 2.24) is 4.90 Å². The normalized spacial score (nSPS) is 17.0. The minimum absolute atomic E-state index is 0.163. The summed E-state index contributed by atoms with van der Waals surface area (Å²) in [6, 6.07) is 0. The molecule has 74 valence electrons. The molecule has 12 heavy (non-hydrogen) atoms. The first-order valence-electron chi connectivity index (χ1n) is 4.90. The van der Waals surface area contributed by atoms with Gasteiger partial charge in [0, 0.05) is 12.1 Å². The molecule has 0 aliphatic rings. The average Bonchev–Trinajstić information content (AvgIpc) is 2.03. The molecule has 0 aromatic carbocycles. The van der Waals surface area contributed by atoms with E-state index in [-0.39, 0.29) is 5.54 Å². The topological polar surface area (TPSA) is 29.3 Å². The van der Waals surface area contributed by atoms with Crippen LogP contribution in [-0.4, -0.2) is 30.6 Å². The van der Waals surface area contributed by atoms with Gasteiger partial charge in [0.25, 0.3) is 0 Å². The lowest BCUT2D eigenvalue weighted by molar-refractivity contribution is 0.0952. The van der Waals surface area contributed by atoms with E-state index < -0.39 is 0 Å². The summed E-state index contributed by atoms with van der Waals surface area (Å²) in [6.45, 7) is 10.8. The number of hydrogen-bond acceptors (Lipinski definition) is 2. The molecule has 2 N–H and O–H groups in total. The highest BCUT2D eigenvalue weighted by Gasteiger charge is 2.30. The first kappa shape index (κ1) is 11.9. The first-order valence-corrected chi connectivity index (χ1v) is 4.90. The predicted octanol–water partition coefficient (Wildman–Crippen LogP) is 1.70. The standard InChI is InChI=1S/C10H24N2/c1-6-7-12(5)10(4,8-11)9(2)3/h9H,6-8,11H2,1-5H3. The lowest BCUT2D eigenvalue weighted by Crippen LogP contribution is -2.53. The molecule has 0 spiro atoms. The van der Waals surface area contributed by atoms with Gasteiger partial charge in [0.2, 0.25) is 0 Å². The Labute approximate surface area is 77.1 Å². The Hall–Kier alpha value is -0.0800. The minimum Gasteiger partial charge on any atom is -0.329 e. The maximum absolute atomic E-state index is 5.80. The quantitative estimate of drug-likeness (QED) is 0.684. The van der Waals surface area contributed by atoms with Crippen LogP contribution in [0.3, 0.4) is 0 Å². The molecule has 0 bridgehead atoms. The number of likely N-dealkylation sites (N-methyl/N-ethyl adjacent to an activating group) is 1. The average molecular weight is 172 g/mol. The lowest BCUT2D eigenvalue weighted by Gasteiger charge is -2.41. The van der Waals surface area contributed by atoms with Gasteiger partial charge in [-0.15, -0.1) is 0 Å². The van der Waals surface area contributed by atoms with Gasteiger partial charge in [-0.3, -0.25) is 4.90 Å². The van der Waals surface area contributed by atoms with Gasteiger partial charge in [-0.2, -0.15) is 0 Å². The van der Waals surface area contributed by atoms with Crippen molar-refractivity contribution in [2.45, 2.75) is 39.7 Å². The molecule has 0 aliphatic carbocycles. The molecular weight excluding hydrogens is 148 g/mol. The monoisotopic (exact) mass is 172 g/mol. The summed E-state index contributed by atoms with van der Waals surface area (Å²) in [5.74, 6) is 0.610. The fourth-order valence-electron chi connectivity index (χ4n) is 1.42. The van der Waals surface area contributed by atoms with Gasteiger partial charge in [0.1, 0.15) is 0 Å². The van der Waals surface area contributed by atoms with E-state index in [1.165, 1.54) is 6.42 Å². The molecule has 0 saturated heterocycles. The fourth-order valence-corrected chi connectivity index (χ4v) is 1.42. The van der Waals surface area contributed by atoms with Gasteiger partial charge in [0.05, 0.1) is 0 Å². The molecule has 0 aromatic heterocycles. The van der Waals surface area contributed by atoms with Gasteiger partial charge >= 0.3 is 0 Å². The van der Waals surface area contributed by atoms with Crippen molar-refractivity contribution >= 4 is 0 Å². The second-order valence-electron chi connectivity index (χ2n) is 4.14. The predicted molar refractivity (Wildman–Crippen MR) is 55.2 cm³/mol. The molecule has 0 aromatic rings. The van der Waals surface area contributed by atoms with E-state index in [1.54, 1.807) is 0 Å². The molecule has 0 rings (SSSR count). The van der Waals surface area contributed by atoms with E-state index in [4.69, 9.17) is 5.73 Å². The zero-order valence-electron chi connectivity index (χ0n) is 9.22. The van der Waals surface area contributed by atoms with Crippen LogP contribution in [0.5, 0.6) is 0 Å². The van der Waals surface area contributed by atoms with Crippen LogP contribution in [0.2, 0.25) is 0 Å². The smallest absolute Gasteiger partial charge is 0.0323 e.